The third kappa shape index (κ3) is 6.27. The van der Waals surface area contributed by atoms with Crippen molar-refractivity contribution >= 4 is 11.9 Å². The minimum absolute atomic E-state index is 0.157. The lowest BCUT2D eigenvalue weighted by Gasteiger charge is -2.17. The average Bonchev–Trinajstić information content (AvgIpc) is 2.45. The van der Waals surface area contributed by atoms with Crippen molar-refractivity contribution < 1.29 is 9.53 Å². The highest BCUT2D eigenvalue weighted by Crippen LogP contribution is 2.06. The van der Waals surface area contributed by atoms with Crippen LogP contribution in [0.15, 0.2) is 29.3 Å². The molecule has 0 spiro atoms. The number of rotatable bonds is 7. The summed E-state index contributed by atoms with van der Waals surface area (Å²) in [6.07, 6.45) is 0. The number of amides is 1. The van der Waals surface area contributed by atoms with Gasteiger partial charge in [-0.15, -0.1) is 0 Å². The first-order valence-electron chi connectivity index (χ1n) is 6.99. The molecule has 1 atom stereocenters. The number of primary amides is 1. The van der Waals surface area contributed by atoms with Crippen LogP contribution < -0.4 is 16.4 Å². The van der Waals surface area contributed by atoms with Gasteiger partial charge in [-0.25, -0.2) is 4.99 Å². The average molecular weight is 292 g/mol. The van der Waals surface area contributed by atoms with E-state index in [0.29, 0.717) is 24.7 Å². The van der Waals surface area contributed by atoms with Crippen LogP contribution in [0.4, 0.5) is 0 Å². The Morgan fingerprint density at radius 3 is 2.86 bits per heavy atom. The molecule has 0 saturated heterocycles. The molecule has 0 aliphatic carbocycles. The Bertz CT molecular complexity index is 488. The molecule has 4 N–H and O–H groups in total. The van der Waals surface area contributed by atoms with Crippen LogP contribution in [-0.4, -0.2) is 38.2 Å². The van der Waals surface area contributed by atoms with Crippen molar-refractivity contribution in [3.8, 4) is 0 Å². The van der Waals surface area contributed by atoms with E-state index >= 15 is 0 Å². The lowest BCUT2D eigenvalue weighted by Crippen LogP contribution is -2.43. The summed E-state index contributed by atoms with van der Waals surface area (Å²) in [6.45, 7) is 5.86. The van der Waals surface area contributed by atoms with Crippen molar-refractivity contribution in [2.24, 2.45) is 10.7 Å². The molecule has 0 saturated carbocycles. The number of nitrogens with one attached hydrogen (secondary N) is 2. The van der Waals surface area contributed by atoms with Crippen LogP contribution in [0, 0.1) is 0 Å². The normalized spacial score (nSPS) is 12.8. The number of hydrogen-bond acceptors (Lipinski definition) is 3. The molecule has 0 aliphatic rings. The Morgan fingerprint density at radius 2 is 2.24 bits per heavy atom. The molecule has 1 unspecified atom stereocenters. The van der Waals surface area contributed by atoms with E-state index in [-0.39, 0.29) is 6.04 Å². The van der Waals surface area contributed by atoms with E-state index in [1.807, 2.05) is 19.9 Å². The third-order valence-corrected chi connectivity index (χ3v) is 2.78. The molecule has 0 heterocycles. The molecule has 0 radical (unpaired) electrons. The maximum absolute atomic E-state index is 11.2. The molecule has 21 heavy (non-hydrogen) atoms. The number of hydrogen-bond donors (Lipinski definition) is 3. The number of guanidine groups is 1. The first-order chi connectivity index (χ1) is 10.1. The van der Waals surface area contributed by atoms with Crippen molar-refractivity contribution in [2.45, 2.75) is 26.4 Å². The molecule has 116 valence electrons. The van der Waals surface area contributed by atoms with Crippen LogP contribution in [0.3, 0.4) is 0 Å². The predicted molar refractivity (Wildman–Crippen MR) is 84.2 cm³/mol. The highest BCUT2D eigenvalue weighted by atomic mass is 16.5. The minimum atomic E-state index is -0.431. The maximum atomic E-state index is 11.2. The quantitative estimate of drug-likeness (QED) is 0.514. The van der Waals surface area contributed by atoms with E-state index in [0.717, 1.165) is 12.1 Å². The smallest absolute Gasteiger partial charge is 0.248 e. The molecule has 1 aromatic carbocycles. The van der Waals surface area contributed by atoms with Crippen molar-refractivity contribution in [3.63, 3.8) is 0 Å². The summed E-state index contributed by atoms with van der Waals surface area (Å²) in [5.74, 6) is 0.283. The highest BCUT2D eigenvalue weighted by molar-refractivity contribution is 5.92. The summed E-state index contributed by atoms with van der Waals surface area (Å²) in [6, 6.07) is 7.33. The SMILES string of the molecule is CCNC(=NCc1cccc(C(N)=O)c1)NC(C)COC. The second-order valence-corrected chi connectivity index (χ2v) is 4.76. The number of methoxy groups -OCH3 is 1. The Hall–Kier alpha value is -2.08. The molecule has 6 nitrogen and oxygen atoms in total. The second-order valence-electron chi connectivity index (χ2n) is 4.76. The zero-order valence-electron chi connectivity index (χ0n) is 12.8. The maximum Gasteiger partial charge on any atom is 0.248 e. The Labute approximate surface area is 125 Å². The molecule has 1 rings (SSSR count). The van der Waals surface area contributed by atoms with Crippen molar-refractivity contribution in [1.29, 1.82) is 0 Å². The van der Waals surface area contributed by atoms with Crippen LogP contribution >= 0.6 is 0 Å². The summed E-state index contributed by atoms with van der Waals surface area (Å²) >= 11 is 0. The molecular weight excluding hydrogens is 268 g/mol. The summed E-state index contributed by atoms with van der Waals surface area (Å²) in [7, 11) is 1.66. The van der Waals surface area contributed by atoms with Gasteiger partial charge in [0.15, 0.2) is 5.96 Å². The first-order valence-corrected chi connectivity index (χ1v) is 6.99. The lowest BCUT2D eigenvalue weighted by atomic mass is 10.1. The summed E-state index contributed by atoms with van der Waals surface area (Å²) in [5.41, 5.74) is 6.70. The lowest BCUT2D eigenvalue weighted by molar-refractivity contribution is 0.1000. The van der Waals surface area contributed by atoms with E-state index in [2.05, 4.69) is 15.6 Å². The van der Waals surface area contributed by atoms with Crippen LogP contribution in [0.1, 0.15) is 29.8 Å². The van der Waals surface area contributed by atoms with E-state index in [9.17, 15) is 4.79 Å². The standard InChI is InChI=1S/C15H24N4O2/c1-4-17-15(19-11(2)10-21-3)18-9-12-6-5-7-13(8-12)14(16)20/h5-8,11H,4,9-10H2,1-3H3,(H2,16,20)(H2,17,18,19). The van der Waals surface area contributed by atoms with Gasteiger partial charge in [-0.1, -0.05) is 12.1 Å². The Kier molecular flexibility index (Phi) is 7.25. The van der Waals surface area contributed by atoms with Crippen LogP contribution in [0.25, 0.3) is 0 Å². The number of nitrogens with two attached hydrogens (primary N) is 1. The molecule has 1 amide bonds. The fourth-order valence-electron chi connectivity index (χ4n) is 1.84. The molecule has 0 aliphatic heterocycles. The first kappa shape index (κ1) is 17.0. The van der Waals surface area contributed by atoms with Gasteiger partial charge in [-0.3, -0.25) is 4.79 Å². The van der Waals surface area contributed by atoms with Gasteiger partial charge in [-0.05, 0) is 31.5 Å². The molecule has 0 bridgehead atoms. The number of benzene rings is 1. The topological polar surface area (TPSA) is 88.7 Å². The number of aliphatic imine (C=N–C) groups is 1. The van der Waals surface area contributed by atoms with Crippen molar-refractivity contribution in [2.75, 3.05) is 20.3 Å². The number of nitrogens with zero attached hydrogens (tertiary/aromatic N) is 1. The van der Waals surface area contributed by atoms with E-state index in [1.165, 1.54) is 0 Å². The predicted octanol–water partition coefficient (Wildman–Crippen LogP) is 0.876. The Morgan fingerprint density at radius 1 is 1.48 bits per heavy atom. The molecule has 0 fully saturated rings. The van der Waals surface area contributed by atoms with Crippen molar-refractivity contribution in [3.05, 3.63) is 35.4 Å². The molecule has 1 aromatic rings. The zero-order valence-corrected chi connectivity index (χ0v) is 12.8. The third-order valence-electron chi connectivity index (χ3n) is 2.78. The molecule has 0 aromatic heterocycles. The second kappa shape index (κ2) is 8.97. The summed E-state index contributed by atoms with van der Waals surface area (Å²) in [5, 5.41) is 6.42. The van der Waals surface area contributed by atoms with Gasteiger partial charge in [0.2, 0.25) is 5.91 Å². The molecular formula is C15H24N4O2. The van der Waals surface area contributed by atoms with Gasteiger partial charge in [0.1, 0.15) is 0 Å². The van der Waals surface area contributed by atoms with E-state index < -0.39 is 5.91 Å². The summed E-state index contributed by atoms with van der Waals surface area (Å²) in [4.78, 5) is 15.7. The fourth-order valence-corrected chi connectivity index (χ4v) is 1.84. The van der Waals surface area contributed by atoms with Gasteiger partial charge in [0.25, 0.3) is 0 Å². The number of ether oxygens (including phenoxy) is 1. The van der Waals surface area contributed by atoms with Crippen LogP contribution in [-0.2, 0) is 11.3 Å². The van der Waals surface area contributed by atoms with Gasteiger partial charge >= 0.3 is 0 Å². The fraction of sp³-hybridized carbons (Fsp3) is 0.467. The van der Waals surface area contributed by atoms with Crippen LogP contribution in [0.2, 0.25) is 0 Å². The largest absolute Gasteiger partial charge is 0.383 e. The number of carbonyl (C=O) groups is 1. The highest BCUT2D eigenvalue weighted by Gasteiger charge is 2.05. The summed E-state index contributed by atoms with van der Waals surface area (Å²) < 4.78 is 5.09. The van der Waals surface area contributed by atoms with Gasteiger partial charge in [-0.2, -0.15) is 0 Å². The monoisotopic (exact) mass is 292 g/mol. The zero-order chi connectivity index (χ0) is 15.7. The van der Waals surface area contributed by atoms with E-state index in [1.54, 1.807) is 25.3 Å². The Balaban J connectivity index is 2.72. The number of carbonyl (C=O) groups excluding carboxylic acids is 1. The minimum Gasteiger partial charge on any atom is -0.383 e. The van der Waals surface area contributed by atoms with Gasteiger partial charge in [0.05, 0.1) is 13.2 Å². The van der Waals surface area contributed by atoms with Crippen molar-refractivity contribution in [1.82, 2.24) is 10.6 Å². The molecule has 6 heteroatoms. The van der Waals surface area contributed by atoms with E-state index in [4.69, 9.17) is 10.5 Å². The van der Waals surface area contributed by atoms with Gasteiger partial charge in [0, 0.05) is 25.3 Å². The van der Waals surface area contributed by atoms with Gasteiger partial charge < -0.3 is 21.1 Å². The van der Waals surface area contributed by atoms with Crippen LogP contribution in [0.5, 0.6) is 0 Å².